The SMILES string of the molecule is CCNCc1cc(S(=O)(=O)N(CC)C2CCCC2)cn1C. The van der Waals surface area contributed by atoms with E-state index in [0.29, 0.717) is 18.0 Å². The highest BCUT2D eigenvalue weighted by molar-refractivity contribution is 7.89. The fraction of sp³-hybridized carbons (Fsp3) is 0.733. The minimum Gasteiger partial charge on any atom is -0.352 e. The van der Waals surface area contributed by atoms with Crippen LogP contribution in [0.5, 0.6) is 0 Å². The monoisotopic (exact) mass is 313 g/mol. The van der Waals surface area contributed by atoms with E-state index in [1.165, 1.54) is 0 Å². The van der Waals surface area contributed by atoms with Crippen molar-refractivity contribution in [2.45, 2.75) is 57.0 Å². The van der Waals surface area contributed by atoms with E-state index in [-0.39, 0.29) is 6.04 Å². The van der Waals surface area contributed by atoms with Crippen molar-refractivity contribution in [3.63, 3.8) is 0 Å². The molecule has 0 atom stereocenters. The molecule has 1 aliphatic carbocycles. The Hall–Kier alpha value is -0.850. The van der Waals surface area contributed by atoms with Gasteiger partial charge in [-0.3, -0.25) is 0 Å². The number of aryl methyl sites for hydroxylation is 1. The first-order valence-electron chi connectivity index (χ1n) is 7.88. The summed E-state index contributed by atoms with van der Waals surface area (Å²) in [6.07, 6.45) is 5.99. The van der Waals surface area contributed by atoms with Crippen LogP contribution in [0.25, 0.3) is 0 Å². The average Bonchev–Trinajstić information content (AvgIpc) is 3.07. The van der Waals surface area contributed by atoms with Gasteiger partial charge in [0.05, 0.1) is 0 Å². The molecule has 6 heteroatoms. The van der Waals surface area contributed by atoms with Gasteiger partial charge in [0.2, 0.25) is 10.0 Å². The van der Waals surface area contributed by atoms with Gasteiger partial charge < -0.3 is 9.88 Å². The Balaban J connectivity index is 2.25. The molecule has 1 heterocycles. The van der Waals surface area contributed by atoms with E-state index >= 15 is 0 Å². The molecule has 1 saturated carbocycles. The minimum atomic E-state index is -3.38. The average molecular weight is 313 g/mol. The summed E-state index contributed by atoms with van der Waals surface area (Å²) in [6.45, 7) is 6.08. The van der Waals surface area contributed by atoms with Crippen molar-refractivity contribution in [3.8, 4) is 0 Å². The molecule has 0 aliphatic heterocycles. The van der Waals surface area contributed by atoms with Crippen LogP contribution < -0.4 is 5.32 Å². The number of hydrogen-bond acceptors (Lipinski definition) is 3. The maximum absolute atomic E-state index is 12.9. The second kappa shape index (κ2) is 6.94. The first kappa shape index (κ1) is 16.5. The van der Waals surface area contributed by atoms with Crippen LogP contribution in [0.3, 0.4) is 0 Å². The first-order chi connectivity index (χ1) is 10.0. The van der Waals surface area contributed by atoms with Crippen LogP contribution in [-0.2, 0) is 23.6 Å². The van der Waals surface area contributed by atoms with E-state index in [1.54, 1.807) is 16.6 Å². The van der Waals surface area contributed by atoms with Crippen LogP contribution in [-0.4, -0.2) is 36.4 Å². The zero-order chi connectivity index (χ0) is 15.5. The van der Waals surface area contributed by atoms with E-state index in [4.69, 9.17) is 0 Å². The number of nitrogens with one attached hydrogen (secondary N) is 1. The molecule has 1 aromatic rings. The topological polar surface area (TPSA) is 54.3 Å². The van der Waals surface area contributed by atoms with Gasteiger partial charge in [0, 0.05) is 38.1 Å². The molecule has 0 aromatic carbocycles. The van der Waals surface area contributed by atoms with Crippen molar-refractivity contribution < 1.29 is 8.42 Å². The second-order valence-electron chi connectivity index (χ2n) is 5.71. The molecule has 5 nitrogen and oxygen atoms in total. The van der Waals surface area contributed by atoms with Gasteiger partial charge in [-0.15, -0.1) is 0 Å². The minimum absolute atomic E-state index is 0.178. The first-order valence-corrected chi connectivity index (χ1v) is 9.32. The number of sulfonamides is 1. The van der Waals surface area contributed by atoms with Crippen LogP contribution >= 0.6 is 0 Å². The van der Waals surface area contributed by atoms with Crippen molar-refractivity contribution in [3.05, 3.63) is 18.0 Å². The summed E-state index contributed by atoms with van der Waals surface area (Å²) >= 11 is 0. The fourth-order valence-corrected chi connectivity index (χ4v) is 4.89. The maximum Gasteiger partial charge on any atom is 0.244 e. The molecule has 1 N–H and O–H groups in total. The number of aromatic nitrogens is 1. The van der Waals surface area contributed by atoms with Crippen molar-refractivity contribution in [2.75, 3.05) is 13.1 Å². The molecule has 21 heavy (non-hydrogen) atoms. The van der Waals surface area contributed by atoms with Gasteiger partial charge in [0.25, 0.3) is 0 Å². The lowest BCUT2D eigenvalue weighted by Crippen LogP contribution is -2.38. The normalized spacial score (nSPS) is 17.0. The molecule has 1 aromatic heterocycles. The van der Waals surface area contributed by atoms with E-state index in [0.717, 1.165) is 37.9 Å². The molecule has 0 spiro atoms. The van der Waals surface area contributed by atoms with E-state index in [9.17, 15) is 8.42 Å². The van der Waals surface area contributed by atoms with Crippen LogP contribution in [0.15, 0.2) is 17.2 Å². The Morgan fingerprint density at radius 1 is 1.33 bits per heavy atom. The molecule has 0 radical (unpaired) electrons. The standard InChI is InChI=1S/C15H27N3O2S/c1-4-16-11-14-10-15(12-17(14)3)21(19,20)18(5-2)13-8-6-7-9-13/h10,12-13,16H,4-9,11H2,1-3H3. The molecule has 0 bridgehead atoms. The molecule has 0 saturated heterocycles. The quantitative estimate of drug-likeness (QED) is 0.838. The second-order valence-corrected chi connectivity index (χ2v) is 7.60. The van der Waals surface area contributed by atoms with Crippen LogP contribution in [0.4, 0.5) is 0 Å². The Labute approximate surface area is 128 Å². The number of rotatable bonds is 7. The van der Waals surface area contributed by atoms with Gasteiger partial charge >= 0.3 is 0 Å². The van der Waals surface area contributed by atoms with Crippen molar-refractivity contribution in [1.82, 2.24) is 14.2 Å². The third-order valence-corrected chi connectivity index (χ3v) is 6.28. The van der Waals surface area contributed by atoms with Crippen LogP contribution in [0.1, 0.15) is 45.2 Å². The summed E-state index contributed by atoms with van der Waals surface area (Å²) in [7, 11) is -1.48. The third kappa shape index (κ3) is 3.49. The Morgan fingerprint density at radius 3 is 2.57 bits per heavy atom. The highest BCUT2D eigenvalue weighted by atomic mass is 32.2. The summed E-state index contributed by atoms with van der Waals surface area (Å²) in [5, 5.41) is 3.24. The van der Waals surface area contributed by atoms with E-state index in [2.05, 4.69) is 5.32 Å². The van der Waals surface area contributed by atoms with Crippen LogP contribution in [0, 0.1) is 0 Å². The highest BCUT2D eigenvalue weighted by Crippen LogP contribution is 2.29. The van der Waals surface area contributed by atoms with Gasteiger partial charge in [-0.05, 0) is 25.5 Å². The summed E-state index contributed by atoms with van der Waals surface area (Å²) < 4.78 is 29.4. The number of hydrogen-bond donors (Lipinski definition) is 1. The molecule has 0 amide bonds. The summed E-state index contributed by atoms with van der Waals surface area (Å²) in [5.41, 5.74) is 0.998. The van der Waals surface area contributed by atoms with E-state index in [1.807, 2.05) is 25.5 Å². The maximum atomic E-state index is 12.9. The van der Waals surface area contributed by atoms with Gasteiger partial charge in [-0.2, -0.15) is 4.31 Å². The van der Waals surface area contributed by atoms with Crippen molar-refractivity contribution in [2.24, 2.45) is 7.05 Å². The van der Waals surface area contributed by atoms with Crippen molar-refractivity contribution >= 4 is 10.0 Å². The molecule has 0 unspecified atom stereocenters. The lowest BCUT2D eigenvalue weighted by atomic mass is 10.2. The third-order valence-electron chi connectivity index (χ3n) is 4.29. The zero-order valence-electron chi connectivity index (χ0n) is 13.3. The predicted octanol–water partition coefficient (Wildman–Crippen LogP) is 2.09. The van der Waals surface area contributed by atoms with Crippen LogP contribution in [0.2, 0.25) is 0 Å². The lowest BCUT2D eigenvalue weighted by Gasteiger charge is -2.26. The van der Waals surface area contributed by atoms with Gasteiger partial charge in [0.1, 0.15) is 4.90 Å². The summed E-state index contributed by atoms with van der Waals surface area (Å²) in [5.74, 6) is 0. The molecular formula is C15H27N3O2S. The van der Waals surface area contributed by atoms with Gasteiger partial charge in [-0.1, -0.05) is 26.7 Å². The smallest absolute Gasteiger partial charge is 0.244 e. The summed E-state index contributed by atoms with van der Waals surface area (Å²) in [6, 6.07) is 1.98. The number of nitrogens with zero attached hydrogens (tertiary/aromatic N) is 2. The molecular weight excluding hydrogens is 286 g/mol. The largest absolute Gasteiger partial charge is 0.352 e. The van der Waals surface area contributed by atoms with Gasteiger partial charge in [0.15, 0.2) is 0 Å². The zero-order valence-corrected chi connectivity index (χ0v) is 14.1. The molecule has 1 aliphatic rings. The molecule has 120 valence electrons. The Kier molecular flexibility index (Phi) is 5.46. The van der Waals surface area contributed by atoms with Crippen molar-refractivity contribution in [1.29, 1.82) is 0 Å². The Morgan fingerprint density at radius 2 is 2.00 bits per heavy atom. The predicted molar refractivity (Wildman–Crippen MR) is 84.6 cm³/mol. The molecule has 1 fully saturated rings. The highest BCUT2D eigenvalue weighted by Gasteiger charge is 2.32. The lowest BCUT2D eigenvalue weighted by molar-refractivity contribution is 0.335. The fourth-order valence-electron chi connectivity index (χ4n) is 3.10. The Bertz CT molecular complexity index is 559. The van der Waals surface area contributed by atoms with Gasteiger partial charge in [-0.25, -0.2) is 8.42 Å². The summed E-state index contributed by atoms with van der Waals surface area (Å²) in [4.78, 5) is 0.423. The van der Waals surface area contributed by atoms with E-state index < -0.39 is 10.0 Å². The molecule has 2 rings (SSSR count).